The zero-order valence-corrected chi connectivity index (χ0v) is 16.0. The highest BCUT2D eigenvalue weighted by molar-refractivity contribution is 5.92. The summed E-state index contributed by atoms with van der Waals surface area (Å²) in [6.45, 7) is 0.0908. The van der Waals surface area contributed by atoms with Crippen LogP contribution in [-0.4, -0.2) is 88.9 Å². The number of amides is 3. The van der Waals surface area contributed by atoms with Gasteiger partial charge in [0.25, 0.3) is 0 Å². The summed E-state index contributed by atoms with van der Waals surface area (Å²) in [7, 11) is 0. The fourth-order valence-electron chi connectivity index (χ4n) is 2.03. The lowest BCUT2D eigenvalue weighted by molar-refractivity contribution is -0.145. The minimum atomic E-state index is -1.62. The molecule has 0 aliphatic carbocycles. The van der Waals surface area contributed by atoms with Crippen LogP contribution in [0.2, 0.25) is 0 Å². The van der Waals surface area contributed by atoms with E-state index in [1.165, 1.54) is 0 Å². The summed E-state index contributed by atoms with van der Waals surface area (Å²) in [6, 6.07) is -4.00. The van der Waals surface area contributed by atoms with Crippen molar-refractivity contribution in [3.63, 3.8) is 0 Å². The number of guanidine groups is 1. The highest BCUT2D eigenvalue weighted by Gasteiger charge is 2.29. The zero-order chi connectivity index (χ0) is 22.6. The third kappa shape index (κ3) is 10.8. The molecule has 0 fully saturated rings. The Hall–Kier alpha value is -2.97. The van der Waals surface area contributed by atoms with E-state index in [4.69, 9.17) is 22.3 Å². The monoisotopic (exact) mass is 419 g/mol. The van der Waals surface area contributed by atoms with Crippen molar-refractivity contribution in [2.45, 2.75) is 44.0 Å². The van der Waals surface area contributed by atoms with Crippen molar-refractivity contribution in [1.82, 2.24) is 16.0 Å². The summed E-state index contributed by atoms with van der Waals surface area (Å²) in [4.78, 5) is 50.4. The number of rotatable bonds is 13. The van der Waals surface area contributed by atoms with Crippen LogP contribution >= 0.6 is 0 Å². The first-order chi connectivity index (χ1) is 13.5. The number of nitrogens with zero attached hydrogens (tertiary/aromatic N) is 1. The van der Waals surface area contributed by atoms with Gasteiger partial charge in [-0.05, 0) is 19.8 Å². The number of carbonyl (C=O) groups is 4. The van der Waals surface area contributed by atoms with Crippen molar-refractivity contribution >= 4 is 29.7 Å². The molecule has 12 N–H and O–H groups in total. The molecule has 166 valence electrons. The summed E-state index contributed by atoms with van der Waals surface area (Å²) in [5.74, 6) is -4.02. The summed E-state index contributed by atoms with van der Waals surface area (Å²) in [5, 5.41) is 33.9. The molecule has 14 nitrogen and oxygen atoms in total. The summed E-state index contributed by atoms with van der Waals surface area (Å²) in [5.41, 5.74) is 16.0. The highest BCUT2D eigenvalue weighted by Crippen LogP contribution is 1.96. The molecule has 4 unspecified atom stereocenters. The maximum absolute atomic E-state index is 12.0. The van der Waals surface area contributed by atoms with Gasteiger partial charge in [0.2, 0.25) is 17.7 Å². The van der Waals surface area contributed by atoms with Crippen LogP contribution in [0, 0.1) is 0 Å². The van der Waals surface area contributed by atoms with Crippen LogP contribution in [0.5, 0.6) is 0 Å². The Kier molecular flexibility index (Phi) is 11.9. The number of aliphatic imine (C=N–C) groups is 1. The molecular weight excluding hydrogens is 390 g/mol. The van der Waals surface area contributed by atoms with Crippen molar-refractivity contribution in [2.75, 3.05) is 19.7 Å². The van der Waals surface area contributed by atoms with E-state index in [0.29, 0.717) is 13.0 Å². The van der Waals surface area contributed by atoms with E-state index in [1.54, 1.807) is 0 Å². The Morgan fingerprint density at radius 3 is 2.21 bits per heavy atom. The van der Waals surface area contributed by atoms with E-state index in [0.717, 1.165) is 6.92 Å². The van der Waals surface area contributed by atoms with Crippen LogP contribution in [0.1, 0.15) is 19.8 Å². The molecule has 0 aliphatic heterocycles. The van der Waals surface area contributed by atoms with E-state index >= 15 is 0 Å². The van der Waals surface area contributed by atoms with Gasteiger partial charge in [0, 0.05) is 6.54 Å². The topological polar surface area (TPSA) is 255 Å². The van der Waals surface area contributed by atoms with E-state index < -0.39 is 61.1 Å². The average Bonchev–Trinajstić information content (AvgIpc) is 2.64. The van der Waals surface area contributed by atoms with Gasteiger partial charge < -0.3 is 48.5 Å². The Labute approximate surface area is 166 Å². The predicted octanol–water partition coefficient (Wildman–Crippen LogP) is -5.09. The number of aliphatic carboxylic acids is 1. The standard InChI is InChI=1S/C15H29N7O7/c1-7(24)11(14(28)29)22-13(27)9(6-23)21-10(25)5-20-12(26)8(16)3-2-4-19-15(17)18/h7-9,11,23-24H,2-6,16H2,1H3,(H,20,26)(H,21,25)(H,22,27)(H,28,29)(H4,17,18,19). The number of carboxylic acids is 1. The number of hydrogen-bond acceptors (Lipinski definition) is 8. The van der Waals surface area contributed by atoms with Gasteiger partial charge in [-0.2, -0.15) is 0 Å². The molecule has 0 saturated heterocycles. The molecule has 4 atom stereocenters. The third-order valence-corrected chi connectivity index (χ3v) is 3.61. The quantitative estimate of drug-likeness (QED) is 0.0779. The first-order valence-corrected chi connectivity index (χ1v) is 8.69. The van der Waals surface area contributed by atoms with Crippen LogP contribution < -0.4 is 33.2 Å². The summed E-state index contributed by atoms with van der Waals surface area (Å²) in [6.07, 6.45) is -0.694. The fourth-order valence-corrected chi connectivity index (χ4v) is 2.03. The van der Waals surface area contributed by atoms with Crippen molar-refractivity contribution in [3.05, 3.63) is 0 Å². The Morgan fingerprint density at radius 1 is 1.10 bits per heavy atom. The molecule has 14 heteroatoms. The SMILES string of the molecule is CC(O)C(NC(=O)C(CO)NC(=O)CNC(=O)C(N)CCCN=C(N)N)C(=O)O. The number of nitrogens with two attached hydrogens (primary N) is 3. The van der Waals surface area contributed by atoms with Crippen molar-refractivity contribution in [2.24, 2.45) is 22.2 Å². The lowest BCUT2D eigenvalue weighted by Crippen LogP contribution is -2.57. The summed E-state index contributed by atoms with van der Waals surface area (Å²) >= 11 is 0. The number of carboxylic acid groups (broad SMARTS) is 1. The van der Waals surface area contributed by atoms with E-state index in [2.05, 4.69) is 15.6 Å². The van der Waals surface area contributed by atoms with Crippen molar-refractivity contribution in [1.29, 1.82) is 0 Å². The van der Waals surface area contributed by atoms with Gasteiger partial charge in [-0.25, -0.2) is 4.79 Å². The first-order valence-electron chi connectivity index (χ1n) is 8.69. The summed E-state index contributed by atoms with van der Waals surface area (Å²) < 4.78 is 0. The number of aliphatic hydroxyl groups is 2. The molecule has 0 bridgehead atoms. The molecule has 3 amide bonds. The molecular formula is C15H29N7O7. The first kappa shape index (κ1) is 26.0. The van der Waals surface area contributed by atoms with Gasteiger partial charge in [0.15, 0.2) is 12.0 Å². The Balaban J connectivity index is 4.47. The average molecular weight is 419 g/mol. The third-order valence-electron chi connectivity index (χ3n) is 3.61. The van der Waals surface area contributed by atoms with E-state index in [1.807, 2.05) is 5.32 Å². The molecule has 0 aromatic carbocycles. The lowest BCUT2D eigenvalue weighted by atomic mass is 10.1. The van der Waals surface area contributed by atoms with Crippen LogP contribution in [0.4, 0.5) is 0 Å². The van der Waals surface area contributed by atoms with E-state index in [-0.39, 0.29) is 12.4 Å². The molecule has 29 heavy (non-hydrogen) atoms. The largest absolute Gasteiger partial charge is 0.480 e. The lowest BCUT2D eigenvalue weighted by Gasteiger charge is -2.21. The zero-order valence-electron chi connectivity index (χ0n) is 16.0. The normalized spacial score (nSPS) is 14.6. The molecule has 0 saturated carbocycles. The molecule has 0 aliphatic rings. The van der Waals surface area contributed by atoms with Crippen LogP contribution in [-0.2, 0) is 19.2 Å². The highest BCUT2D eigenvalue weighted by atomic mass is 16.4. The van der Waals surface area contributed by atoms with Gasteiger partial charge in [0.1, 0.15) is 6.04 Å². The number of hydrogen-bond donors (Lipinski definition) is 9. The van der Waals surface area contributed by atoms with Gasteiger partial charge >= 0.3 is 5.97 Å². The second-order valence-corrected chi connectivity index (χ2v) is 6.14. The molecule has 0 spiro atoms. The van der Waals surface area contributed by atoms with Crippen LogP contribution in [0.25, 0.3) is 0 Å². The van der Waals surface area contributed by atoms with Gasteiger partial charge in [-0.15, -0.1) is 0 Å². The Bertz CT molecular complexity index is 608. The molecule has 0 aromatic heterocycles. The second kappa shape index (κ2) is 13.2. The van der Waals surface area contributed by atoms with Crippen LogP contribution in [0.15, 0.2) is 4.99 Å². The molecule has 0 aromatic rings. The molecule has 0 heterocycles. The van der Waals surface area contributed by atoms with Gasteiger partial charge in [-0.1, -0.05) is 0 Å². The van der Waals surface area contributed by atoms with E-state index in [9.17, 15) is 29.4 Å². The minimum Gasteiger partial charge on any atom is -0.480 e. The predicted molar refractivity (Wildman–Crippen MR) is 101 cm³/mol. The van der Waals surface area contributed by atoms with Gasteiger partial charge in [-0.3, -0.25) is 19.4 Å². The smallest absolute Gasteiger partial charge is 0.328 e. The maximum atomic E-state index is 12.0. The molecule has 0 rings (SSSR count). The second-order valence-electron chi connectivity index (χ2n) is 6.14. The van der Waals surface area contributed by atoms with Crippen molar-refractivity contribution in [3.8, 4) is 0 Å². The minimum absolute atomic E-state index is 0.0784. The van der Waals surface area contributed by atoms with Crippen LogP contribution in [0.3, 0.4) is 0 Å². The number of nitrogens with one attached hydrogen (secondary N) is 3. The molecule has 0 radical (unpaired) electrons. The maximum Gasteiger partial charge on any atom is 0.328 e. The van der Waals surface area contributed by atoms with Crippen molar-refractivity contribution < 1.29 is 34.5 Å². The Morgan fingerprint density at radius 2 is 1.72 bits per heavy atom. The fraction of sp³-hybridized carbons (Fsp3) is 0.667. The van der Waals surface area contributed by atoms with Gasteiger partial charge in [0.05, 0.1) is 25.3 Å². The number of aliphatic hydroxyl groups excluding tert-OH is 2. The number of carbonyl (C=O) groups excluding carboxylic acids is 3.